The highest BCUT2D eigenvalue weighted by atomic mass is 16.3. The molecule has 0 bridgehead atoms. The molecule has 0 spiro atoms. The van der Waals surface area contributed by atoms with Crippen LogP contribution in [0.25, 0.3) is 0 Å². The summed E-state index contributed by atoms with van der Waals surface area (Å²) >= 11 is 0. The number of benzene rings is 2. The molecule has 2 aromatic carbocycles. The summed E-state index contributed by atoms with van der Waals surface area (Å²) in [7, 11) is 0. The van der Waals surface area contributed by atoms with Gasteiger partial charge in [0.05, 0.1) is 11.6 Å². The fourth-order valence-corrected chi connectivity index (χ4v) is 3.98. The normalized spacial score (nSPS) is 23.8. The smallest absolute Gasteiger partial charge is 0.0804 e. The van der Waals surface area contributed by atoms with Crippen molar-refractivity contribution in [1.82, 2.24) is 4.90 Å². The minimum Gasteiger partial charge on any atom is -0.388 e. The van der Waals surface area contributed by atoms with Gasteiger partial charge in [0.2, 0.25) is 0 Å². The Morgan fingerprint density at radius 1 is 0.909 bits per heavy atom. The Hall–Kier alpha value is -1.64. The summed E-state index contributed by atoms with van der Waals surface area (Å²) in [5.41, 5.74) is 2.22. The van der Waals surface area contributed by atoms with Crippen molar-refractivity contribution in [3.63, 3.8) is 0 Å². The molecule has 2 heteroatoms. The van der Waals surface area contributed by atoms with Gasteiger partial charge in [0.1, 0.15) is 0 Å². The van der Waals surface area contributed by atoms with Crippen molar-refractivity contribution in [3.05, 3.63) is 71.8 Å². The first-order chi connectivity index (χ1) is 10.8. The van der Waals surface area contributed by atoms with Crippen LogP contribution in [0.1, 0.15) is 42.9 Å². The Labute approximate surface area is 132 Å². The molecule has 22 heavy (non-hydrogen) atoms. The molecule has 2 aromatic rings. The second-order valence-electron chi connectivity index (χ2n) is 6.72. The van der Waals surface area contributed by atoms with Gasteiger partial charge >= 0.3 is 0 Å². The average Bonchev–Trinajstić information content (AvgIpc) is 3.12. The van der Waals surface area contributed by atoms with Crippen LogP contribution in [-0.4, -0.2) is 28.2 Å². The van der Waals surface area contributed by atoms with Crippen molar-refractivity contribution in [2.24, 2.45) is 0 Å². The molecule has 1 N–H and O–H groups in total. The van der Waals surface area contributed by atoms with Gasteiger partial charge in [0.15, 0.2) is 0 Å². The van der Waals surface area contributed by atoms with E-state index in [-0.39, 0.29) is 6.04 Å². The number of hydrogen-bond acceptors (Lipinski definition) is 2. The highest BCUT2D eigenvalue weighted by molar-refractivity contribution is 5.33. The summed E-state index contributed by atoms with van der Waals surface area (Å²) in [6.07, 6.45) is 4.23. The first kappa shape index (κ1) is 14.0. The molecule has 2 aliphatic rings. The minimum atomic E-state index is -0.432. The van der Waals surface area contributed by atoms with Crippen molar-refractivity contribution in [1.29, 1.82) is 0 Å². The quantitative estimate of drug-likeness (QED) is 0.927. The Kier molecular flexibility index (Phi) is 3.51. The fraction of sp³-hybridized carbons (Fsp3) is 0.400. The van der Waals surface area contributed by atoms with E-state index < -0.39 is 5.60 Å². The number of rotatable bonds is 4. The second-order valence-corrected chi connectivity index (χ2v) is 6.72. The van der Waals surface area contributed by atoms with E-state index in [1.165, 1.54) is 17.5 Å². The maximum absolute atomic E-state index is 10.7. The summed E-state index contributed by atoms with van der Waals surface area (Å²) in [5, 5.41) is 10.7. The van der Waals surface area contributed by atoms with Gasteiger partial charge in [-0.2, -0.15) is 0 Å². The lowest BCUT2D eigenvalue weighted by molar-refractivity contribution is 0.0381. The maximum Gasteiger partial charge on any atom is 0.0804 e. The number of likely N-dealkylation sites (tertiary alicyclic amines) is 1. The molecule has 0 amide bonds. The van der Waals surface area contributed by atoms with E-state index in [4.69, 9.17) is 0 Å². The number of hydrogen-bond donors (Lipinski definition) is 1. The number of nitrogens with zero attached hydrogens (tertiary/aromatic N) is 1. The maximum atomic E-state index is 10.7. The molecule has 2 nitrogen and oxygen atoms in total. The summed E-state index contributed by atoms with van der Waals surface area (Å²) in [6, 6.07) is 22.0. The van der Waals surface area contributed by atoms with E-state index in [0.717, 1.165) is 25.8 Å². The third-order valence-corrected chi connectivity index (χ3v) is 5.24. The van der Waals surface area contributed by atoms with Crippen LogP contribution >= 0.6 is 0 Å². The van der Waals surface area contributed by atoms with E-state index >= 15 is 0 Å². The molecule has 1 aliphatic carbocycles. The zero-order valence-electron chi connectivity index (χ0n) is 12.9. The van der Waals surface area contributed by atoms with Gasteiger partial charge in [0.25, 0.3) is 0 Å². The molecule has 1 heterocycles. The van der Waals surface area contributed by atoms with Crippen LogP contribution in [0.2, 0.25) is 0 Å². The van der Waals surface area contributed by atoms with E-state index in [1.807, 2.05) is 0 Å². The molecular weight excluding hydrogens is 270 g/mol. The van der Waals surface area contributed by atoms with Crippen LogP contribution in [0, 0.1) is 0 Å². The highest BCUT2D eigenvalue weighted by Gasteiger charge is 2.52. The lowest BCUT2D eigenvalue weighted by atomic mass is 9.95. The van der Waals surface area contributed by atoms with Crippen molar-refractivity contribution >= 4 is 0 Å². The molecule has 1 atom stereocenters. The van der Waals surface area contributed by atoms with E-state index in [1.54, 1.807) is 0 Å². The topological polar surface area (TPSA) is 23.5 Å². The summed E-state index contributed by atoms with van der Waals surface area (Å²) in [6.45, 7) is 1.07. The monoisotopic (exact) mass is 293 g/mol. The molecule has 1 unspecified atom stereocenters. The van der Waals surface area contributed by atoms with E-state index in [2.05, 4.69) is 65.6 Å². The van der Waals surface area contributed by atoms with Crippen LogP contribution < -0.4 is 0 Å². The van der Waals surface area contributed by atoms with Crippen LogP contribution in [-0.2, 0) is 0 Å². The first-order valence-corrected chi connectivity index (χ1v) is 8.36. The van der Waals surface area contributed by atoms with Gasteiger partial charge in [-0.1, -0.05) is 60.7 Å². The molecule has 0 aromatic heterocycles. The van der Waals surface area contributed by atoms with Crippen LogP contribution in [0.3, 0.4) is 0 Å². The molecule has 2 fully saturated rings. The molecule has 0 radical (unpaired) electrons. The molecule has 1 aliphatic heterocycles. The van der Waals surface area contributed by atoms with Gasteiger partial charge in [-0.25, -0.2) is 0 Å². The Morgan fingerprint density at radius 3 is 1.95 bits per heavy atom. The van der Waals surface area contributed by atoms with Gasteiger partial charge < -0.3 is 5.11 Å². The lowest BCUT2D eigenvalue weighted by Crippen LogP contribution is -2.43. The Morgan fingerprint density at radius 2 is 1.45 bits per heavy atom. The van der Waals surface area contributed by atoms with E-state index in [9.17, 15) is 5.11 Å². The lowest BCUT2D eigenvalue weighted by Gasteiger charge is -2.36. The highest BCUT2D eigenvalue weighted by Crippen LogP contribution is 2.48. The average molecular weight is 293 g/mol. The van der Waals surface area contributed by atoms with Crippen molar-refractivity contribution in [3.8, 4) is 0 Å². The van der Waals surface area contributed by atoms with Gasteiger partial charge in [-0.05, 0) is 43.4 Å². The standard InChI is InChI=1S/C20H23NO/c22-20(13-14-20)18-12-7-15-21(18)19(16-8-3-1-4-9-16)17-10-5-2-6-11-17/h1-6,8-11,18-19,22H,7,12-15H2. The fourth-order valence-electron chi connectivity index (χ4n) is 3.98. The van der Waals surface area contributed by atoms with Crippen molar-refractivity contribution in [2.75, 3.05) is 6.54 Å². The zero-order valence-corrected chi connectivity index (χ0v) is 12.9. The number of aliphatic hydroxyl groups is 1. The predicted octanol–water partition coefficient (Wildman–Crippen LogP) is 3.77. The van der Waals surface area contributed by atoms with Gasteiger partial charge in [-0.15, -0.1) is 0 Å². The minimum absolute atomic E-state index is 0.250. The van der Waals surface area contributed by atoms with Crippen molar-refractivity contribution in [2.45, 2.75) is 43.4 Å². The third kappa shape index (κ3) is 2.47. The SMILES string of the molecule is OC1(C2CCCN2C(c2ccccc2)c2ccccc2)CC1. The molecule has 1 saturated heterocycles. The molecular formula is C20H23NO. The third-order valence-electron chi connectivity index (χ3n) is 5.24. The van der Waals surface area contributed by atoms with Crippen LogP contribution in [0.5, 0.6) is 0 Å². The molecule has 1 saturated carbocycles. The summed E-state index contributed by atoms with van der Waals surface area (Å²) in [4.78, 5) is 2.54. The van der Waals surface area contributed by atoms with Crippen LogP contribution in [0.4, 0.5) is 0 Å². The largest absolute Gasteiger partial charge is 0.388 e. The summed E-state index contributed by atoms with van der Waals surface area (Å²) < 4.78 is 0. The summed E-state index contributed by atoms with van der Waals surface area (Å²) in [5.74, 6) is 0. The first-order valence-electron chi connectivity index (χ1n) is 8.36. The van der Waals surface area contributed by atoms with Gasteiger partial charge in [0, 0.05) is 6.04 Å². The van der Waals surface area contributed by atoms with E-state index in [0.29, 0.717) is 6.04 Å². The second kappa shape index (κ2) is 5.53. The van der Waals surface area contributed by atoms with Gasteiger partial charge in [-0.3, -0.25) is 4.90 Å². The predicted molar refractivity (Wildman–Crippen MR) is 88.6 cm³/mol. The molecule has 114 valence electrons. The zero-order chi connectivity index (χ0) is 15.0. The molecule has 4 rings (SSSR count). The Bertz CT molecular complexity index is 581. The Balaban J connectivity index is 1.74. The van der Waals surface area contributed by atoms with Crippen molar-refractivity contribution < 1.29 is 5.11 Å². The van der Waals surface area contributed by atoms with Crippen LogP contribution in [0.15, 0.2) is 60.7 Å².